The molecule has 2 amide bonds. The van der Waals surface area contributed by atoms with Crippen LogP contribution in [0.15, 0.2) is 23.0 Å². The lowest BCUT2D eigenvalue weighted by molar-refractivity contribution is -0.128. The molecule has 3 N–H and O–H groups in total. The lowest BCUT2D eigenvalue weighted by atomic mass is 10.2. The zero-order chi connectivity index (χ0) is 16.2. The first kappa shape index (κ1) is 15.3. The fourth-order valence-electron chi connectivity index (χ4n) is 2.85. The number of aromatic amines is 2. The number of imidazole rings is 1. The molecular weight excluding hydrogens is 296 g/mol. The minimum Gasteiger partial charge on any atom is -0.352 e. The van der Waals surface area contributed by atoms with Crippen LogP contribution in [0.2, 0.25) is 0 Å². The third-order valence-electron chi connectivity index (χ3n) is 4.07. The summed E-state index contributed by atoms with van der Waals surface area (Å²) in [4.78, 5) is 41.7. The Bertz CT molecular complexity index is 777. The molecular formula is C16H20N4O3. The highest BCUT2D eigenvalue weighted by Crippen LogP contribution is 2.11. The second kappa shape index (κ2) is 6.68. The van der Waals surface area contributed by atoms with Crippen molar-refractivity contribution in [3.8, 4) is 0 Å². The number of carbonyl (C=O) groups is 2. The first-order chi connectivity index (χ1) is 11.1. The third kappa shape index (κ3) is 3.80. The molecule has 2 heterocycles. The molecule has 0 radical (unpaired) electrons. The van der Waals surface area contributed by atoms with Gasteiger partial charge in [0, 0.05) is 32.5 Å². The molecule has 0 atom stereocenters. The molecule has 1 aliphatic heterocycles. The van der Waals surface area contributed by atoms with Gasteiger partial charge in [-0.05, 0) is 30.5 Å². The van der Waals surface area contributed by atoms with Gasteiger partial charge in [-0.1, -0.05) is 6.07 Å². The molecule has 3 rings (SSSR count). The standard InChI is InChI=1S/C16H20N4O3/c21-14(3-1-7-20-8-2-4-15(20)22)17-10-11-5-6-12-13(9-11)19-16(23)18-12/h5-6,9H,1-4,7-8,10H2,(H,17,21)(H2,18,19,23). The molecule has 7 nitrogen and oxygen atoms in total. The topological polar surface area (TPSA) is 98.1 Å². The zero-order valence-electron chi connectivity index (χ0n) is 12.9. The Morgan fingerprint density at radius 2 is 2.04 bits per heavy atom. The van der Waals surface area contributed by atoms with E-state index in [1.54, 1.807) is 0 Å². The number of likely N-dealkylation sites (tertiary alicyclic amines) is 1. The summed E-state index contributed by atoms with van der Waals surface area (Å²) in [5.74, 6) is 0.165. The number of benzene rings is 1. The molecule has 1 saturated heterocycles. The summed E-state index contributed by atoms with van der Waals surface area (Å²) in [6.07, 6.45) is 2.65. The van der Waals surface area contributed by atoms with Crippen LogP contribution in [0, 0.1) is 0 Å². The number of hydrogen-bond donors (Lipinski definition) is 3. The Labute approximate surface area is 133 Å². The Hall–Kier alpha value is -2.57. The predicted molar refractivity (Wildman–Crippen MR) is 85.8 cm³/mol. The van der Waals surface area contributed by atoms with E-state index in [1.807, 2.05) is 23.1 Å². The number of carbonyl (C=O) groups excluding carboxylic acids is 2. The molecule has 0 bridgehead atoms. The smallest absolute Gasteiger partial charge is 0.323 e. The van der Waals surface area contributed by atoms with Crippen molar-refractivity contribution < 1.29 is 9.59 Å². The van der Waals surface area contributed by atoms with E-state index in [-0.39, 0.29) is 17.5 Å². The first-order valence-corrected chi connectivity index (χ1v) is 7.87. The number of H-pyrrole nitrogens is 2. The maximum Gasteiger partial charge on any atom is 0.323 e. The number of rotatable bonds is 6. The van der Waals surface area contributed by atoms with E-state index in [4.69, 9.17) is 0 Å². The number of nitrogens with one attached hydrogen (secondary N) is 3. The SMILES string of the molecule is O=C(CCCN1CCCC1=O)NCc1ccc2[nH]c(=O)[nH]c2c1. The van der Waals surface area contributed by atoms with Crippen LogP contribution in [-0.4, -0.2) is 39.8 Å². The first-order valence-electron chi connectivity index (χ1n) is 7.87. The number of nitrogens with zero attached hydrogens (tertiary/aromatic N) is 1. The summed E-state index contributed by atoms with van der Waals surface area (Å²) in [5.41, 5.74) is 2.17. The van der Waals surface area contributed by atoms with Gasteiger partial charge in [-0.25, -0.2) is 4.79 Å². The molecule has 122 valence electrons. The van der Waals surface area contributed by atoms with E-state index in [0.717, 1.165) is 29.6 Å². The molecule has 2 aromatic rings. The maximum absolute atomic E-state index is 11.9. The minimum atomic E-state index is -0.238. The Balaban J connectivity index is 1.44. The maximum atomic E-state index is 11.9. The van der Waals surface area contributed by atoms with Crippen LogP contribution in [0.4, 0.5) is 0 Å². The molecule has 1 fully saturated rings. The fourth-order valence-corrected chi connectivity index (χ4v) is 2.85. The van der Waals surface area contributed by atoms with Crippen molar-refractivity contribution in [2.45, 2.75) is 32.2 Å². The average molecular weight is 316 g/mol. The molecule has 0 spiro atoms. The van der Waals surface area contributed by atoms with Crippen molar-refractivity contribution in [1.29, 1.82) is 0 Å². The number of hydrogen-bond acceptors (Lipinski definition) is 3. The summed E-state index contributed by atoms with van der Waals surface area (Å²) in [7, 11) is 0. The second-order valence-electron chi connectivity index (χ2n) is 5.82. The zero-order valence-corrected chi connectivity index (χ0v) is 12.9. The van der Waals surface area contributed by atoms with Crippen molar-refractivity contribution in [3.05, 3.63) is 34.2 Å². The predicted octanol–water partition coefficient (Wildman–Crippen LogP) is 0.875. The largest absolute Gasteiger partial charge is 0.352 e. The van der Waals surface area contributed by atoms with E-state index in [9.17, 15) is 14.4 Å². The van der Waals surface area contributed by atoms with Gasteiger partial charge in [-0.15, -0.1) is 0 Å². The Kier molecular flexibility index (Phi) is 4.45. The van der Waals surface area contributed by atoms with Crippen molar-refractivity contribution >= 4 is 22.8 Å². The van der Waals surface area contributed by atoms with Crippen LogP contribution in [-0.2, 0) is 16.1 Å². The van der Waals surface area contributed by atoms with Crippen LogP contribution in [0.3, 0.4) is 0 Å². The van der Waals surface area contributed by atoms with Gasteiger partial charge < -0.3 is 20.2 Å². The van der Waals surface area contributed by atoms with Crippen molar-refractivity contribution in [3.63, 3.8) is 0 Å². The van der Waals surface area contributed by atoms with Gasteiger partial charge in [0.15, 0.2) is 0 Å². The van der Waals surface area contributed by atoms with Crippen LogP contribution in [0.1, 0.15) is 31.2 Å². The summed E-state index contributed by atoms with van der Waals surface area (Å²) < 4.78 is 0. The van der Waals surface area contributed by atoms with E-state index in [2.05, 4.69) is 15.3 Å². The van der Waals surface area contributed by atoms with Gasteiger partial charge in [0.25, 0.3) is 0 Å². The second-order valence-corrected chi connectivity index (χ2v) is 5.82. The van der Waals surface area contributed by atoms with Crippen LogP contribution >= 0.6 is 0 Å². The summed E-state index contributed by atoms with van der Waals surface area (Å²) in [6, 6.07) is 5.53. The highest BCUT2D eigenvalue weighted by Gasteiger charge is 2.19. The van der Waals surface area contributed by atoms with Gasteiger partial charge in [-0.2, -0.15) is 0 Å². The molecule has 1 aromatic heterocycles. The monoisotopic (exact) mass is 316 g/mol. The van der Waals surface area contributed by atoms with Gasteiger partial charge in [0.1, 0.15) is 0 Å². The number of aromatic nitrogens is 2. The molecule has 1 aliphatic rings. The van der Waals surface area contributed by atoms with Crippen molar-refractivity contribution in [2.75, 3.05) is 13.1 Å². The molecule has 0 saturated carbocycles. The number of fused-ring (bicyclic) bond motifs is 1. The minimum absolute atomic E-state index is 0.0284. The van der Waals surface area contributed by atoms with Gasteiger partial charge >= 0.3 is 5.69 Å². The van der Waals surface area contributed by atoms with Crippen LogP contribution in [0.5, 0.6) is 0 Å². The Morgan fingerprint density at radius 3 is 2.83 bits per heavy atom. The van der Waals surface area contributed by atoms with Crippen molar-refractivity contribution in [2.24, 2.45) is 0 Å². The van der Waals surface area contributed by atoms with Gasteiger partial charge in [0.05, 0.1) is 11.0 Å². The summed E-state index contributed by atoms with van der Waals surface area (Å²) in [5, 5.41) is 2.86. The highest BCUT2D eigenvalue weighted by molar-refractivity contribution is 5.79. The third-order valence-corrected chi connectivity index (χ3v) is 4.07. The lowest BCUT2D eigenvalue weighted by Gasteiger charge is -2.14. The summed E-state index contributed by atoms with van der Waals surface area (Å²) >= 11 is 0. The van der Waals surface area contributed by atoms with Gasteiger partial charge in [0.2, 0.25) is 11.8 Å². The molecule has 1 aromatic carbocycles. The van der Waals surface area contributed by atoms with E-state index in [1.165, 1.54) is 0 Å². The van der Waals surface area contributed by atoms with Crippen LogP contribution in [0.25, 0.3) is 11.0 Å². The average Bonchev–Trinajstić information content (AvgIpc) is 3.09. The molecule has 23 heavy (non-hydrogen) atoms. The highest BCUT2D eigenvalue weighted by atomic mass is 16.2. The van der Waals surface area contributed by atoms with Gasteiger partial charge in [-0.3, -0.25) is 9.59 Å². The molecule has 7 heteroatoms. The van der Waals surface area contributed by atoms with E-state index < -0.39 is 0 Å². The normalized spacial score (nSPS) is 14.6. The quantitative estimate of drug-likeness (QED) is 0.737. The molecule has 0 aliphatic carbocycles. The van der Waals surface area contributed by atoms with E-state index in [0.29, 0.717) is 32.4 Å². The lowest BCUT2D eigenvalue weighted by Crippen LogP contribution is -2.28. The van der Waals surface area contributed by atoms with E-state index >= 15 is 0 Å². The number of amides is 2. The fraction of sp³-hybridized carbons (Fsp3) is 0.438. The van der Waals surface area contributed by atoms with Crippen molar-refractivity contribution in [1.82, 2.24) is 20.2 Å². The Morgan fingerprint density at radius 1 is 1.22 bits per heavy atom. The summed E-state index contributed by atoms with van der Waals surface area (Å²) in [6.45, 7) is 1.89. The van der Waals surface area contributed by atoms with Crippen LogP contribution < -0.4 is 11.0 Å². The molecule has 0 unspecified atom stereocenters.